The SMILES string of the molecule is Cc1cccc(C(=O)NC2CC(n3cnc4c(NCC5CCN(C(=O)COCCOCCNC(=O)COc6cccc7c6C(=O)N([C@H]6CCC(=O)NC6=O)C7=O)CC5)ncnc43)C2)n1. The number of carbonyl (C=O) groups is 7. The number of aromatic nitrogens is 5. The van der Waals surface area contributed by atoms with Crippen molar-refractivity contribution in [3.05, 3.63) is 71.6 Å². The minimum Gasteiger partial charge on any atom is -0.483 e. The Morgan fingerprint density at radius 1 is 0.891 bits per heavy atom. The molecule has 21 nitrogen and oxygen atoms in total. The fraction of sp³-hybridized carbons (Fsp3) is 0.465. The number of nitrogens with one attached hydrogen (secondary N) is 4. The number of aryl methyl sites for hydroxylation is 1. The Balaban J connectivity index is 0.672. The fourth-order valence-corrected chi connectivity index (χ4v) is 8.27. The van der Waals surface area contributed by atoms with Crippen molar-refractivity contribution in [2.24, 2.45) is 5.92 Å². The number of imide groups is 2. The van der Waals surface area contributed by atoms with Crippen LogP contribution in [-0.2, 0) is 28.7 Å². The largest absolute Gasteiger partial charge is 0.483 e. The number of ether oxygens (including phenoxy) is 3. The molecule has 3 aromatic heterocycles. The number of anilines is 1. The molecular weight excluding hydrogens is 831 g/mol. The highest BCUT2D eigenvalue weighted by atomic mass is 16.5. The topological polar surface area (TPSA) is 258 Å². The summed E-state index contributed by atoms with van der Waals surface area (Å²) in [5, 5.41) is 11.3. The molecule has 1 atom stereocenters. The molecule has 64 heavy (non-hydrogen) atoms. The molecule has 3 fully saturated rings. The van der Waals surface area contributed by atoms with E-state index in [0.717, 1.165) is 41.9 Å². The standard InChI is InChI=1S/C43H49N11O10/c1-25-4-2-6-30(49-25)40(58)50-27-18-28(19-27)53-24-48-37-38(46-23-47-39(37)53)45-20-26-10-13-52(14-11-26)35(57)22-63-17-16-62-15-12-44-34(56)21-64-32-7-3-5-29-36(32)43(61)54(42(29)60)31-8-9-33(55)51-41(31)59/h2-7,23-24,26-28,31H,8-22H2,1H3,(H,44,56)(H,50,58)(H,45,46,47)(H,51,55,59)/t27?,28?,31-/m0/s1. The molecule has 21 heteroatoms. The van der Waals surface area contributed by atoms with Gasteiger partial charge in [0.25, 0.3) is 23.6 Å². The van der Waals surface area contributed by atoms with Crippen LogP contribution in [-0.4, -0.2) is 147 Å². The third-order valence-corrected chi connectivity index (χ3v) is 11.8. The number of fused-ring (bicyclic) bond motifs is 2. The number of amides is 7. The minimum atomic E-state index is -1.12. The summed E-state index contributed by atoms with van der Waals surface area (Å²) in [6, 6.07) is 8.89. The Morgan fingerprint density at radius 2 is 1.69 bits per heavy atom. The maximum Gasteiger partial charge on any atom is 0.270 e. The van der Waals surface area contributed by atoms with Crippen LogP contribution in [0.5, 0.6) is 5.75 Å². The second-order valence-electron chi connectivity index (χ2n) is 16.1. The van der Waals surface area contributed by atoms with Crippen LogP contribution in [0.25, 0.3) is 11.2 Å². The quantitative estimate of drug-likeness (QED) is 0.0802. The van der Waals surface area contributed by atoms with E-state index >= 15 is 0 Å². The Bertz CT molecular complexity index is 2450. The van der Waals surface area contributed by atoms with Gasteiger partial charge in [0.15, 0.2) is 18.1 Å². The maximum absolute atomic E-state index is 13.2. The van der Waals surface area contributed by atoms with E-state index in [1.165, 1.54) is 24.5 Å². The van der Waals surface area contributed by atoms with Crippen LogP contribution >= 0.6 is 0 Å². The lowest BCUT2D eigenvalue weighted by Gasteiger charge is -2.36. The summed E-state index contributed by atoms with van der Waals surface area (Å²) in [6.45, 7) is 4.01. The Labute approximate surface area is 367 Å². The summed E-state index contributed by atoms with van der Waals surface area (Å²) in [6.07, 6.45) is 6.51. The molecule has 4 aliphatic rings. The first kappa shape index (κ1) is 43.8. The summed E-state index contributed by atoms with van der Waals surface area (Å²) in [5.74, 6) is -2.32. The molecule has 0 radical (unpaired) electrons. The zero-order valence-electron chi connectivity index (χ0n) is 35.2. The first-order chi connectivity index (χ1) is 31.0. The van der Waals surface area contributed by atoms with Crippen LogP contribution in [0.2, 0.25) is 0 Å². The van der Waals surface area contributed by atoms with Crippen molar-refractivity contribution in [2.75, 3.05) is 64.5 Å². The molecule has 4 N–H and O–H groups in total. The lowest BCUT2D eigenvalue weighted by atomic mass is 9.86. The highest BCUT2D eigenvalue weighted by molar-refractivity contribution is 6.24. The van der Waals surface area contributed by atoms with Crippen molar-refractivity contribution >= 4 is 58.3 Å². The summed E-state index contributed by atoms with van der Waals surface area (Å²) >= 11 is 0. The first-order valence-electron chi connectivity index (χ1n) is 21.4. The highest BCUT2D eigenvalue weighted by Gasteiger charge is 2.46. The van der Waals surface area contributed by atoms with E-state index < -0.39 is 42.2 Å². The second kappa shape index (κ2) is 19.7. The lowest BCUT2D eigenvalue weighted by Crippen LogP contribution is -2.54. The third kappa shape index (κ3) is 9.84. The molecule has 1 aliphatic carbocycles. The molecule has 4 aromatic rings. The number of rotatable bonds is 18. The molecule has 0 spiro atoms. The average Bonchev–Trinajstić information content (AvgIpc) is 3.82. The Kier molecular flexibility index (Phi) is 13.5. The summed E-state index contributed by atoms with van der Waals surface area (Å²) in [7, 11) is 0. The molecule has 0 unspecified atom stereocenters. The number of hydrogen-bond acceptors (Lipinski definition) is 15. The summed E-state index contributed by atoms with van der Waals surface area (Å²) < 4.78 is 18.7. The van der Waals surface area contributed by atoms with Gasteiger partial charge in [0.05, 0.1) is 37.3 Å². The number of carbonyl (C=O) groups excluding carboxylic acids is 7. The van der Waals surface area contributed by atoms with Gasteiger partial charge >= 0.3 is 0 Å². The van der Waals surface area contributed by atoms with Crippen LogP contribution < -0.4 is 26.0 Å². The van der Waals surface area contributed by atoms with Gasteiger partial charge in [-0.3, -0.25) is 43.8 Å². The average molecular weight is 880 g/mol. The summed E-state index contributed by atoms with van der Waals surface area (Å²) in [4.78, 5) is 109. The maximum atomic E-state index is 13.2. The Hall–Kier alpha value is -6.87. The van der Waals surface area contributed by atoms with Crippen molar-refractivity contribution in [3.8, 4) is 5.75 Å². The van der Waals surface area contributed by atoms with Gasteiger partial charge in [0.2, 0.25) is 17.7 Å². The van der Waals surface area contributed by atoms with Crippen LogP contribution in [0.4, 0.5) is 5.82 Å². The van der Waals surface area contributed by atoms with Gasteiger partial charge in [0, 0.05) is 50.4 Å². The number of imidazole rings is 1. The minimum absolute atomic E-state index is 0.00125. The van der Waals surface area contributed by atoms with E-state index in [9.17, 15) is 33.6 Å². The monoisotopic (exact) mass is 879 g/mol. The van der Waals surface area contributed by atoms with Gasteiger partial charge in [-0.05, 0) is 69.2 Å². The smallest absolute Gasteiger partial charge is 0.270 e. The van der Waals surface area contributed by atoms with E-state index in [4.69, 9.17) is 14.2 Å². The number of benzene rings is 1. The van der Waals surface area contributed by atoms with Crippen molar-refractivity contribution in [2.45, 2.75) is 63.6 Å². The van der Waals surface area contributed by atoms with Crippen molar-refractivity contribution < 1.29 is 47.8 Å². The molecule has 2 saturated heterocycles. The number of nitrogens with zero attached hydrogens (tertiary/aromatic N) is 7. The van der Waals surface area contributed by atoms with E-state index in [1.807, 2.05) is 23.6 Å². The first-order valence-corrected chi connectivity index (χ1v) is 21.4. The third-order valence-electron chi connectivity index (χ3n) is 11.8. The summed E-state index contributed by atoms with van der Waals surface area (Å²) in [5.41, 5.74) is 2.65. The fourth-order valence-electron chi connectivity index (χ4n) is 8.27. The molecule has 7 amide bonds. The van der Waals surface area contributed by atoms with Crippen molar-refractivity contribution in [3.63, 3.8) is 0 Å². The molecule has 8 rings (SSSR count). The van der Waals surface area contributed by atoms with Crippen LogP contribution in [0, 0.1) is 12.8 Å². The van der Waals surface area contributed by atoms with E-state index in [0.29, 0.717) is 42.6 Å². The van der Waals surface area contributed by atoms with Gasteiger partial charge in [-0.25, -0.2) is 19.9 Å². The molecule has 1 saturated carbocycles. The van der Waals surface area contributed by atoms with E-state index in [-0.39, 0.29) is 86.6 Å². The van der Waals surface area contributed by atoms with Crippen molar-refractivity contribution in [1.29, 1.82) is 0 Å². The second-order valence-corrected chi connectivity index (χ2v) is 16.1. The molecule has 0 bridgehead atoms. The van der Waals surface area contributed by atoms with Crippen LogP contribution in [0.1, 0.15) is 81.5 Å². The van der Waals surface area contributed by atoms with Gasteiger partial charge in [-0.1, -0.05) is 12.1 Å². The predicted molar refractivity (Wildman–Crippen MR) is 225 cm³/mol. The number of piperidine rings is 2. The van der Waals surface area contributed by atoms with Crippen molar-refractivity contribution in [1.82, 2.24) is 50.3 Å². The zero-order valence-corrected chi connectivity index (χ0v) is 35.2. The van der Waals surface area contributed by atoms with E-state index in [1.54, 1.807) is 17.3 Å². The lowest BCUT2D eigenvalue weighted by molar-refractivity contribution is -0.138. The molecule has 6 heterocycles. The predicted octanol–water partition coefficient (Wildman–Crippen LogP) is 0.943. The normalized spacial score (nSPS) is 19.9. The highest BCUT2D eigenvalue weighted by Crippen LogP contribution is 2.36. The molecular formula is C43H49N11O10. The van der Waals surface area contributed by atoms with Gasteiger partial charge in [0.1, 0.15) is 35.9 Å². The van der Waals surface area contributed by atoms with Gasteiger partial charge < -0.3 is 39.6 Å². The number of likely N-dealkylation sites (tertiary alicyclic amines) is 1. The number of hydrogen-bond donors (Lipinski definition) is 4. The molecule has 336 valence electrons. The molecule has 1 aromatic carbocycles. The van der Waals surface area contributed by atoms with E-state index in [2.05, 4.69) is 41.2 Å². The van der Waals surface area contributed by atoms with Gasteiger partial charge in [-0.15, -0.1) is 0 Å². The van der Waals surface area contributed by atoms with Crippen LogP contribution in [0.15, 0.2) is 49.1 Å². The molecule has 3 aliphatic heterocycles. The Morgan fingerprint density at radius 3 is 2.48 bits per heavy atom. The number of pyridine rings is 1. The van der Waals surface area contributed by atoms with Crippen LogP contribution in [0.3, 0.4) is 0 Å². The van der Waals surface area contributed by atoms with Gasteiger partial charge in [-0.2, -0.15) is 0 Å². The zero-order chi connectivity index (χ0) is 44.7.